The molecule has 0 saturated carbocycles. The molecule has 19 heavy (non-hydrogen) atoms. The van der Waals surface area contributed by atoms with Crippen LogP contribution >= 0.6 is 0 Å². The maximum atomic E-state index is 12.8. The van der Waals surface area contributed by atoms with E-state index in [2.05, 4.69) is 0 Å². The van der Waals surface area contributed by atoms with Crippen molar-refractivity contribution in [3.05, 3.63) is 29.3 Å². The van der Waals surface area contributed by atoms with Crippen LogP contribution < -0.4 is 10.5 Å². The van der Waals surface area contributed by atoms with Gasteiger partial charge in [-0.25, -0.2) is 0 Å². The maximum Gasteiger partial charge on any atom is 0.173 e. The smallest absolute Gasteiger partial charge is 0.173 e. The lowest BCUT2D eigenvalue weighted by atomic mass is 9.70. The third-order valence-corrected chi connectivity index (χ3v) is 4.36. The van der Waals surface area contributed by atoms with E-state index in [0.717, 1.165) is 24.2 Å². The van der Waals surface area contributed by atoms with E-state index >= 15 is 0 Å². The van der Waals surface area contributed by atoms with Crippen molar-refractivity contribution in [3.63, 3.8) is 0 Å². The first-order valence-corrected chi connectivity index (χ1v) is 6.83. The molecule has 3 nitrogen and oxygen atoms in total. The van der Waals surface area contributed by atoms with Crippen LogP contribution in [0.4, 0.5) is 0 Å². The normalized spacial score (nSPS) is 15.6. The fraction of sp³-hybridized carbons (Fsp3) is 0.562. The zero-order chi connectivity index (χ0) is 14.3. The molecular weight excluding hydrogens is 238 g/mol. The van der Waals surface area contributed by atoms with Crippen molar-refractivity contribution in [2.24, 2.45) is 11.1 Å². The number of aryl methyl sites for hydroxylation is 1. The molecule has 0 bridgehead atoms. The van der Waals surface area contributed by atoms with Crippen LogP contribution in [0.1, 0.15) is 50.0 Å². The summed E-state index contributed by atoms with van der Waals surface area (Å²) >= 11 is 0. The second-order valence-electron chi connectivity index (χ2n) is 6.42. The molecule has 1 aromatic rings. The van der Waals surface area contributed by atoms with Gasteiger partial charge in [0.05, 0.1) is 12.2 Å². The second-order valence-corrected chi connectivity index (χ2v) is 6.42. The molecule has 1 aromatic carbocycles. The van der Waals surface area contributed by atoms with E-state index in [-0.39, 0.29) is 5.78 Å². The summed E-state index contributed by atoms with van der Waals surface area (Å²) in [6.45, 7) is 8.27. The molecule has 0 amide bonds. The topological polar surface area (TPSA) is 52.3 Å². The van der Waals surface area contributed by atoms with Gasteiger partial charge in [-0.2, -0.15) is 0 Å². The molecule has 2 N–H and O–H groups in total. The van der Waals surface area contributed by atoms with E-state index in [9.17, 15) is 4.79 Å². The van der Waals surface area contributed by atoms with Crippen LogP contribution in [0, 0.1) is 5.41 Å². The number of fused-ring (bicyclic) bond motifs is 1. The maximum absolute atomic E-state index is 12.8. The van der Waals surface area contributed by atoms with Gasteiger partial charge in [-0.05, 0) is 38.3 Å². The molecule has 0 radical (unpaired) electrons. The van der Waals surface area contributed by atoms with Crippen molar-refractivity contribution in [2.75, 3.05) is 6.61 Å². The molecule has 0 spiro atoms. The molecule has 1 aliphatic heterocycles. The lowest BCUT2D eigenvalue weighted by molar-refractivity contribution is 0.0729. The van der Waals surface area contributed by atoms with E-state index in [1.807, 2.05) is 45.9 Å². The van der Waals surface area contributed by atoms with Crippen molar-refractivity contribution in [1.29, 1.82) is 0 Å². The van der Waals surface area contributed by atoms with E-state index in [4.69, 9.17) is 10.5 Å². The van der Waals surface area contributed by atoms with E-state index < -0.39 is 11.0 Å². The van der Waals surface area contributed by atoms with Crippen LogP contribution in [0.2, 0.25) is 0 Å². The summed E-state index contributed by atoms with van der Waals surface area (Å²) in [4.78, 5) is 12.8. The molecule has 1 heterocycles. The minimum Gasteiger partial charge on any atom is -0.493 e. The average molecular weight is 261 g/mol. The first-order chi connectivity index (χ1) is 8.75. The quantitative estimate of drug-likeness (QED) is 0.851. The van der Waals surface area contributed by atoms with Crippen molar-refractivity contribution in [3.8, 4) is 5.75 Å². The number of rotatable bonds is 3. The third kappa shape index (κ3) is 2.39. The third-order valence-electron chi connectivity index (χ3n) is 4.36. The number of Topliss-reactive ketones (excluding diaryl/α,β-unsaturated/α-hetero) is 1. The van der Waals surface area contributed by atoms with Gasteiger partial charge in [-0.1, -0.05) is 26.0 Å². The predicted molar refractivity (Wildman–Crippen MR) is 76.6 cm³/mol. The Morgan fingerprint density at radius 3 is 2.58 bits per heavy atom. The zero-order valence-corrected chi connectivity index (χ0v) is 12.2. The first kappa shape index (κ1) is 14.1. The molecule has 2 rings (SSSR count). The van der Waals surface area contributed by atoms with Gasteiger partial charge in [0.25, 0.3) is 0 Å². The largest absolute Gasteiger partial charge is 0.493 e. The van der Waals surface area contributed by atoms with Gasteiger partial charge in [0.2, 0.25) is 0 Å². The number of carbonyl (C=O) groups excluding carboxylic acids is 1. The SMILES string of the molecule is CC(C)(N)C(C)(C)C(=O)c1cccc2c1OCCC2. The summed E-state index contributed by atoms with van der Waals surface area (Å²) in [6, 6.07) is 5.81. The first-order valence-electron chi connectivity index (χ1n) is 6.83. The number of carbonyl (C=O) groups is 1. The summed E-state index contributed by atoms with van der Waals surface area (Å²) in [5, 5.41) is 0. The van der Waals surface area contributed by atoms with Gasteiger partial charge in [-0.3, -0.25) is 4.79 Å². The number of hydrogen-bond acceptors (Lipinski definition) is 3. The molecule has 0 saturated heterocycles. The molecule has 0 atom stereocenters. The Balaban J connectivity index is 2.46. The molecule has 0 aliphatic carbocycles. The number of para-hydroxylation sites is 1. The minimum absolute atomic E-state index is 0.0544. The molecular formula is C16H23NO2. The van der Waals surface area contributed by atoms with Crippen LogP contribution in [-0.2, 0) is 6.42 Å². The van der Waals surface area contributed by atoms with Crippen molar-refractivity contribution < 1.29 is 9.53 Å². The Kier molecular flexibility index (Phi) is 3.43. The van der Waals surface area contributed by atoms with Crippen LogP contribution in [0.25, 0.3) is 0 Å². The minimum atomic E-state index is -0.636. The Morgan fingerprint density at radius 2 is 1.95 bits per heavy atom. The summed E-state index contributed by atoms with van der Waals surface area (Å²) in [5.41, 5.74) is 6.74. The Labute approximate surface area is 115 Å². The van der Waals surface area contributed by atoms with Crippen LogP contribution in [-0.4, -0.2) is 17.9 Å². The van der Waals surface area contributed by atoms with E-state index in [0.29, 0.717) is 12.2 Å². The van der Waals surface area contributed by atoms with Gasteiger partial charge in [0, 0.05) is 11.0 Å². The lowest BCUT2D eigenvalue weighted by Gasteiger charge is -2.37. The van der Waals surface area contributed by atoms with E-state index in [1.165, 1.54) is 0 Å². The standard InChI is InChI=1S/C16H23NO2/c1-15(2,16(3,4)17)14(18)12-9-5-7-11-8-6-10-19-13(11)12/h5,7,9H,6,8,10,17H2,1-4H3. The monoisotopic (exact) mass is 261 g/mol. The lowest BCUT2D eigenvalue weighted by Crippen LogP contribution is -2.51. The molecule has 1 aliphatic rings. The summed E-state index contributed by atoms with van der Waals surface area (Å²) < 4.78 is 5.72. The summed E-state index contributed by atoms with van der Waals surface area (Å²) in [6.07, 6.45) is 1.99. The van der Waals surface area contributed by atoms with Crippen molar-refractivity contribution in [2.45, 2.75) is 46.1 Å². The molecule has 3 heteroatoms. The summed E-state index contributed by atoms with van der Waals surface area (Å²) in [7, 11) is 0. The van der Waals surface area contributed by atoms with Crippen molar-refractivity contribution >= 4 is 5.78 Å². The Hall–Kier alpha value is -1.35. The number of hydrogen-bond donors (Lipinski definition) is 1. The molecule has 0 fully saturated rings. The number of benzene rings is 1. The van der Waals surface area contributed by atoms with Crippen LogP contribution in [0.15, 0.2) is 18.2 Å². The highest BCUT2D eigenvalue weighted by Gasteiger charge is 2.42. The van der Waals surface area contributed by atoms with Gasteiger partial charge >= 0.3 is 0 Å². The molecule has 0 aromatic heterocycles. The number of ketones is 1. The zero-order valence-electron chi connectivity index (χ0n) is 12.2. The predicted octanol–water partition coefficient (Wildman–Crippen LogP) is 2.96. The number of nitrogens with two attached hydrogens (primary N) is 1. The molecule has 104 valence electrons. The van der Waals surface area contributed by atoms with Gasteiger partial charge < -0.3 is 10.5 Å². The average Bonchev–Trinajstić information content (AvgIpc) is 2.36. The summed E-state index contributed by atoms with van der Waals surface area (Å²) in [5.74, 6) is 0.815. The Morgan fingerprint density at radius 1 is 1.26 bits per heavy atom. The highest BCUT2D eigenvalue weighted by molar-refractivity contribution is 6.03. The number of ether oxygens (including phenoxy) is 1. The van der Waals surface area contributed by atoms with Gasteiger partial charge in [0.15, 0.2) is 5.78 Å². The Bertz CT molecular complexity index is 498. The highest BCUT2D eigenvalue weighted by atomic mass is 16.5. The molecule has 0 unspecified atom stereocenters. The van der Waals surface area contributed by atoms with Gasteiger partial charge in [-0.15, -0.1) is 0 Å². The van der Waals surface area contributed by atoms with Crippen LogP contribution in [0.3, 0.4) is 0 Å². The van der Waals surface area contributed by atoms with Crippen LogP contribution in [0.5, 0.6) is 5.75 Å². The van der Waals surface area contributed by atoms with Gasteiger partial charge in [0.1, 0.15) is 5.75 Å². The fourth-order valence-corrected chi connectivity index (χ4v) is 2.20. The second kappa shape index (κ2) is 4.64. The highest BCUT2D eigenvalue weighted by Crippen LogP contribution is 2.37. The van der Waals surface area contributed by atoms with Crippen molar-refractivity contribution in [1.82, 2.24) is 0 Å². The van der Waals surface area contributed by atoms with E-state index in [1.54, 1.807) is 0 Å². The fourth-order valence-electron chi connectivity index (χ4n) is 2.20.